The van der Waals surface area contributed by atoms with E-state index in [1.165, 1.54) is 5.56 Å². The van der Waals surface area contributed by atoms with E-state index in [2.05, 4.69) is 5.32 Å². The fourth-order valence-corrected chi connectivity index (χ4v) is 3.43. The Bertz CT molecular complexity index is 456. The minimum atomic E-state index is -0.844. The van der Waals surface area contributed by atoms with Crippen LogP contribution in [0.1, 0.15) is 35.3 Å². The maximum atomic E-state index is 11.0. The number of rotatable bonds is 3. The number of aryl methyl sites for hydroxylation is 1. The molecule has 0 radical (unpaired) electrons. The maximum Gasteiger partial charge on any atom is 0.352 e. The molecule has 3 aliphatic rings. The third-order valence-electron chi connectivity index (χ3n) is 4.40. The molecule has 4 heteroatoms. The molecule has 3 aliphatic carbocycles. The third-order valence-corrected chi connectivity index (χ3v) is 4.40. The fraction of sp³-hybridized carbons (Fsp3) is 0.583. The molecule has 1 aromatic heterocycles. The average Bonchev–Trinajstić information content (AvgIpc) is 2.44. The van der Waals surface area contributed by atoms with Crippen molar-refractivity contribution in [3.63, 3.8) is 0 Å². The van der Waals surface area contributed by atoms with Gasteiger partial charge in [0.05, 0.1) is 0 Å². The Balaban J connectivity index is 1.88. The van der Waals surface area contributed by atoms with E-state index in [4.69, 9.17) is 5.11 Å². The summed E-state index contributed by atoms with van der Waals surface area (Å²) in [5.41, 5.74) is 2.22. The van der Waals surface area contributed by atoms with Crippen molar-refractivity contribution in [3.05, 3.63) is 23.5 Å². The third kappa shape index (κ3) is 1.00. The van der Waals surface area contributed by atoms with E-state index < -0.39 is 5.97 Å². The van der Waals surface area contributed by atoms with Crippen LogP contribution in [0.15, 0.2) is 12.3 Å². The number of hydrogen-bond acceptors (Lipinski definition) is 2. The Hall–Kier alpha value is -1.29. The summed E-state index contributed by atoms with van der Waals surface area (Å²) in [6.07, 6.45) is 5.43. The summed E-state index contributed by atoms with van der Waals surface area (Å²) in [5, 5.41) is 12.4. The molecule has 1 aromatic rings. The van der Waals surface area contributed by atoms with Gasteiger partial charge in [-0.15, -0.1) is 0 Å². The van der Waals surface area contributed by atoms with E-state index >= 15 is 0 Å². The first-order valence-corrected chi connectivity index (χ1v) is 5.59. The van der Waals surface area contributed by atoms with Gasteiger partial charge in [-0.25, -0.2) is 4.79 Å². The molecule has 16 heavy (non-hydrogen) atoms. The highest BCUT2D eigenvalue weighted by molar-refractivity contribution is 5.86. The monoisotopic (exact) mass is 220 g/mol. The molecular weight excluding hydrogens is 204 g/mol. The molecule has 0 aromatic carbocycles. The van der Waals surface area contributed by atoms with Gasteiger partial charge in [-0.3, -0.25) is 0 Å². The molecule has 3 fully saturated rings. The number of carbonyl (C=O) groups is 1. The number of carboxylic acids is 1. The highest BCUT2D eigenvalue weighted by Gasteiger charge is 2.67. The molecular formula is C12H16N2O2. The van der Waals surface area contributed by atoms with Crippen LogP contribution in [0, 0.1) is 0 Å². The summed E-state index contributed by atoms with van der Waals surface area (Å²) in [5.74, 6) is -0.844. The lowest BCUT2D eigenvalue weighted by atomic mass is 9.38. The highest BCUT2D eigenvalue weighted by Crippen LogP contribution is 2.67. The first-order valence-electron chi connectivity index (χ1n) is 5.59. The SMILES string of the molecule is CNC12CC(c3cc(C(=O)O)n(C)c3)(C1)C2. The van der Waals surface area contributed by atoms with E-state index in [0.717, 1.165) is 19.3 Å². The lowest BCUT2D eigenvalue weighted by Crippen LogP contribution is -2.75. The quantitative estimate of drug-likeness (QED) is 0.802. The molecule has 4 nitrogen and oxygen atoms in total. The smallest absolute Gasteiger partial charge is 0.352 e. The standard InChI is InChI=1S/C12H16N2O2/c1-13-12-5-11(6-12,7-12)8-3-9(10(15)16)14(2)4-8/h3-4,13H,5-7H2,1-2H3,(H,15,16). The minimum Gasteiger partial charge on any atom is -0.477 e. The van der Waals surface area contributed by atoms with Crippen molar-refractivity contribution < 1.29 is 9.90 Å². The lowest BCUT2D eigenvalue weighted by Gasteiger charge is -2.70. The van der Waals surface area contributed by atoms with Crippen LogP contribution in [0.5, 0.6) is 0 Å². The van der Waals surface area contributed by atoms with Crippen molar-refractivity contribution in [2.75, 3.05) is 7.05 Å². The second-order valence-corrected chi connectivity index (χ2v) is 5.37. The summed E-state index contributed by atoms with van der Waals surface area (Å²) >= 11 is 0. The number of aromatic carboxylic acids is 1. The number of nitrogens with zero attached hydrogens (tertiary/aromatic N) is 1. The molecule has 0 atom stereocenters. The van der Waals surface area contributed by atoms with E-state index in [0.29, 0.717) is 11.2 Å². The van der Waals surface area contributed by atoms with Crippen molar-refractivity contribution in [2.24, 2.45) is 7.05 Å². The molecule has 3 saturated carbocycles. The predicted octanol–water partition coefficient (Wildman–Crippen LogP) is 1.12. The molecule has 0 spiro atoms. The Labute approximate surface area is 94.3 Å². The number of hydrogen-bond donors (Lipinski definition) is 2. The minimum absolute atomic E-state index is 0.272. The largest absolute Gasteiger partial charge is 0.477 e. The zero-order chi connectivity index (χ0) is 11.6. The second-order valence-electron chi connectivity index (χ2n) is 5.37. The van der Waals surface area contributed by atoms with Crippen LogP contribution in [0.25, 0.3) is 0 Å². The highest BCUT2D eigenvalue weighted by atomic mass is 16.4. The van der Waals surface area contributed by atoms with Crippen LogP contribution >= 0.6 is 0 Å². The fourth-order valence-electron chi connectivity index (χ4n) is 3.43. The van der Waals surface area contributed by atoms with Crippen LogP contribution in [-0.4, -0.2) is 28.2 Å². The van der Waals surface area contributed by atoms with E-state index in [1.54, 1.807) is 11.6 Å². The van der Waals surface area contributed by atoms with Crippen molar-refractivity contribution in [1.29, 1.82) is 0 Å². The van der Waals surface area contributed by atoms with Crippen molar-refractivity contribution in [1.82, 2.24) is 9.88 Å². The summed E-state index contributed by atoms with van der Waals surface area (Å²) in [7, 11) is 3.81. The Morgan fingerprint density at radius 3 is 2.56 bits per heavy atom. The first kappa shape index (κ1) is 9.90. The molecule has 4 rings (SSSR count). The summed E-state index contributed by atoms with van der Waals surface area (Å²) in [4.78, 5) is 11.0. The topological polar surface area (TPSA) is 54.3 Å². The van der Waals surface area contributed by atoms with Gasteiger partial charge in [0.15, 0.2) is 0 Å². The number of nitrogens with one attached hydrogen (secondary N) is 1. The van der Waals surface area contributed by atoms with Crippen LogP contribution in [0.4, 0.5) is 0 Å². The van der Waals surface area contributed by atoms with Crippen LogP contribution in [-0.2, 0) is 12.5 Å². The Morgan fingerprint density at radius 2 is 2.12 bits per heavy atom. The van der Waals surface area contributed by atoms with Gasteiger partial charge in [0.25, 0.3) is 0 Å². The molecule has 86 valence electrons. The molecule has 0 saturated heterocycles. The zero-order valence-electron chi connectivity index (χ0n) is 9.58. The Kier molecular flexibility index (Phi) is 1.66. The molecule has 0 unspecified atom stereocenters. The molecule has 2 bridgehead atoms. The van der Waals surface area contributed by atoms with Gasteiger partial charge in [-0.2, -0.15) is 0 Å². The van der Waals surface area contributed by atoms with Gasteiger partial charge >= 0.3 is 5.97 Å². The summed E-state index contributed by atoms with van der Waals surface area (Å²) in [6, 6.07) is 1.83. The van der Waals surface area contributed by atoms with Gasteiger partial charge in [-0.1, -0.05) is 0 Å². The number of aromatic nitrogens is 1. The van der Waals surface area contributed by atoms with Crippen LogP contribution < -0.4 is 5.32 Å². The average molecular weight is 220 g/mol. The van der Waals surface area contributed by atoms with Gasteiger partial charge in [0.1, 0.15) is 5.69 Å². The second kappa shape index (κ2) is 2.69. The van der Waals surface area contributed by atoms with Gasteiger partial charge in [-0.05, 0) is 37.9 Å². The van der Waals surface area contributed by atoms with Gasteiger partial charge in [0.2, 0.25) is 0 Å². The van der Waals surface area contributed by atoms with Crippen LogP contribution in [0.2, 0.25) is 0 Å². The molecule has 1 heterocycles. The molecule has 0 aliphatic heterocycles. The van der Waals surface area contributed by atoms with E-state index in [1.807, 2.05) is 19.3 Å². The summed E-state index contributed by atoms with van der Waals surface area (Å²) in [6.45, 7) is 0. The zero-order valence-corrected chi connectivity index (χ0v) is 9.58. The summed E-state index contributed by atoms with van der Waals surface area (Å²) < 4.78 is 1.71. The normalized spacial score (nSPS) is 35.4. The van der Waals surface area contributed by atoms with Crippen molar-refractivity contribution in [2.45, 2.75) is 30.2 Å². The first-order chi connectivity index (χ1) is 7.50. The van der Waals surface area contributed by atoms with E-state index in [-0.39, 0.29) is 5.41 Å². The molecule has 2 N–H and O–H groups in total. The lowest BCUT2D eigenvalue weighted by molar-refractivity contribution is -0.0831. The predicted molar refractivity (Wildman–Crippen MR) is 59.7 cm³/mol. The maximum absolute atomic E-state index is 11.0. The Morgan fingerprint density at radius 1 is 1.50 bits per heavy atom. The van der Waals surface area contributed by atoms with Crippen LogP contribution in [0.3, 0.4) is 0 Å². The van der Waals surface area contributed by atoms with Crippen molar-refractivity contribution in [3.8, 4) is 0 Å². The van der Waals surface area contributed by atoms with Crippen molar-refractivity contribution >= 4 is 5.97 Å². The van der Waals surface area contributed by atoms with E-state index in [9.17, 15) is 4.79 Å². The van der Waals surface area contributed by atoms with Gasteiger partial charge < -0.3 is 15.0 Å². The van der Waals surface area contributed by atoms with Gasteiger partial charge in [0, 0.05) is 24.2 Å². The molecule has 0 amide bonds. The number of carboxylic acid groups (broad SMARTS) is 1.